The van der Waals surface area contributed by atoms with Gasteiger partial charge < -0.3 is 14.8 Å². The van der Waals surface area contributed by atoms with Crippen molar-refractivity contribution in [1.29, 1.82) is 0 Å². The first kappa shape index (κ1) is 21.5. The molecule has 0 bridgehead atoms. The van der Waals surface area contributed by atoms with Crippen molar-refractivity contribution in [3.8, 4) is 11.5 Å². The van der Waals surface area contributed by atoms with Crippen LogP contribution in [0.5, 0.6) is 11.5 Å². The number of benzene rings is 2. The van der Waals surface area contributed by atoms with Crippen LogP contribution in [-0.2, 0) is 4.79 Å². The van der Waals surface area contributed by atoms with Crippen molar-refractivity contribution in [1.82, 2.24) is 0 Å². The standard InChI is InChI=1S/C24H31NO3/c1-16(2)11-12-28-21-9-7-20(15-22(21)27-6)8-10-23(26)25-24-18(4)13-17(3)14-19(24)5/h7-10,13-16H,11-12H2,1-6H3,(H,25,26). The summed E-state index contributed by atoms with van der Waals surface area (Å²) in [6, 6.07) is 9.80. The van der Waals surface area contributed by atoms with E-state index in [1.165, 1.54) is 11.6 Å². The fourth-order valence-corrected chi connectivity index (χ4v) is 3.03. The minimum atomic E-state index is -0.161. The Morgan fingerprint density at radius 3 is 2.36 bits per heavy atom. The molecule has 2 aromatic carbocycles. The van der Waals surface area contributed by atoms with Gasteiger partial charge >= 0.3 is 0 Å². The average molecular weight is 382 g/mol. The number of hydrogen-bond acceptors (Lipinski definition) is 3. The first-order chi connectivity index (χ1) is 13.3. The molecule has 0 aliphatic carbocycles. The molecule has 1 amide bonds. The van der Waals surface area contributed by atoms with Crippen LogP contribution in [0.4, 0.5) is 5.69 Å². The maximum absolute atomic E-state index is 12.3. The molecule has 0 saturated heterocycles. The van der Waals surface area contributed by atoms with Crippen molar-refractivity contribution in [2.24, 2.45) is 5.92 Å². The highest BCUT2D eigenvalue weighted by molar-refractivity contribution is 6.02. The Labute approximate surface area is 168 Å². The van der Waals surface area contributed by atoms with Crippen molar-refractivity contribution < 1.29 is 14.3 Å². The third kappa shape index (κ3) is 6.15. The zero-order valence-electron chi connectivity index (χ0n) is 17.8. The molecule has 4 nitrogen and oxygen atoms in total. The molecule has 4 heteroatoms. The van der Waals surface area contributed by atoms with E-state index in [0.717, 1.165) is 34.5 Å². The highest BCUT2D eigenvalue weighted by atomic mass is 16.5. The Morgan fingerprint density at radius 1 is 1.07 bits per heavy atom. The van der Waals surface area contributed by atoms with Crippen LogP contribution in [0.25, 0.3) is 6.08 Å². The van der Waals surface area contributed by atoms with E-state index < -0.39 is 0 Å². The van der Waals surface area contributed by atoms with Gasteiger partial charge in [-0.3, -0.25) is 4.79 Å². The van der Waals surface area contributed by atoms with E-state index in [0.29, 0.717) is 18.3 Å². The molecule has 0 unspecified atom stereocenters. The molecule has 0 radical (unpaired) electrons. The van der Waals surface area contributed by atoms with Crippen LogP contribution >= 0.6 is 0 Å². The van der Waals surface area contributed by atoms with Gasteiger partial charge in [0, 0.05) is 11.8 Å². The van der Waals surface area contributed by atoms with Crippen molar-refractivity contribution >= 4 is 17.7 Å². The Balaban J connectivity index is 2.06. The van der Waals surface area contributed by atoms with Gasteiger partial charge in [-0.25, -0.2) is 0 Å². The topological polar surface area (TPSA) is 47.6 Å². The molecule has 0 saturated carbocycles. The summed E-state index contributed by atoms with van der Waals surface area (Å²) in [5.74, 6) is 1.81. The number of carbonyl (C=O) groups is 1. The second-order valence-corrected chi connectivity index (χ2v) is 7.54. The van der Waals surface area contributed by atoms with Gasteiger partial charge in [-0.05, 0) is 68.0 Å². The summed E-state index contributed by atoms with van der Waals surface area (Å²) in [6.07, 6.45) is 4.30. The number of aryl methyl sites for hydroxylation is 3. The maximum Gasteiger partial charge on any atom is 0.248 e. The van der Waals surface area contributed by atoms with E-state index in [1.807, 2.05) is 32.0 Å². The SMILES string of the molecule is COc1cc(C=CC(=O)Nc2c(C)cc(C)cc2C)ccc1OCCC(C)C. The predicted molar refractivity (Wildman–Crippen MR) is 116 cm³/mol. The molecule has 2 rings (SSSR count). The lowest BCUT2D eigenvalue weighted by Gasteiger charge is -2.12. The second-order valence-electron chi connectivity index (χ2n) is 7.54. The van der Waals surface area contributed by atoms with Gasteiger partial charge in [-0.15, -0.1) is 0 Å². The number of carbonyl (C=O) groups excluding carboxylic acids is 1. The lowest BCUT2D eigenvalue weighted by molar-refractivity contribution is -0.111. The lowest BCUT2D eigenvalue weighted by atomic mass is 10.1. The van der Waals surface area contributed by atoms with Gasteiger partial charge in [0.25, 0.3) is 0 Å². The average Bonchev–Trinajstić information content (AvgIpc) is 2.63. The van der Waals surface area contributed by atoms with E-state index in [4.69, 9.17) is 9.47 Å². The Hall–Kier alpha value is -2.75. The Morgan fingerprint density at radius 2 is 1.75 bits per heavy atom. The van der Waals surface area contributed by atoms with E-state index in [-0.39, 0.29) is 5.91 Å². The molecule has 0 atom stereocenters. The van der Waals surface area contributed by atoms with E-state index in [2.05, 4.69) is 38.2 Å². The summed E-state index contributed by atoms with van der Waals surface area (Å²) in [4.78, 5) is 12.3. The van der Waals surface area contributed by atoms with Crippen LogP contribution in [-0.4, -0.2) is 19.6 Å². The summed E-state index contributed by atoms with van der Waals surface area (Å²) in [6.45, 7) is 11.0. The van der Waals surface area contributed by atoms with E-state index in [1.54, 1.807) is 13.2 Å². The maximum atomic E-state index is 12.3. The van der Waals surface area contributed by atoms with Crippen LogP contribution in [0.1, 0.15) is 42.5 Å². The van der Waals surface area contributed by atoms with Crippen molar-refractivity contribution in [2.45, 2.75) is 41.0 Å². The molecular formula is C24H31NO3. The quantitative estimate of drug-likeness (QED) is 0.597. The molecule has 1 N–H and O–H groups in total. The molecule has 0 spiro atoms. The monoisotopic (exact) mass is 381 g/mol. The molecular weight excluding hydrogens is 350 g/mol. The fraction of sp³-hybridized carbons (Fsp3) is 0.375. The van der Waals surface area contributed by atoms with Gasteiger partial charge in [0.05, 0.1) is 13.7 Å². The Kier molecular flexibility index (Phi) is 7.68. The van der Waals surface area contributed by atoms with E-state index in [9.17, 15) is 4.79 Å². The van der Waals surface area contributed by atoms with E-state index >= 15 is 0 Å². The van der Waals surface area contributed by atoms with Crippen molar-refractivity contribution in [2.75, 3.05) is 19.0 Å². The van der Waals surface area contributed by atoms with Crippen LogP contribution in [0.15, 0.2) is 36.4 Å². The number of ether oxygens (including phenoxy) is 2. The normalized spacial score (nSPS) is 11.1. The number of amides is 1. The highest BCUT2D eigenvalue weighted by Gasteiger charge is 2.08. The van der Waals surface area contributed by atoms with Crippen LogP contribution in [0.3, 0.4) is 0 Å². The molecule has 0 aliphatic heterocycles. The molecule has 0 aromatic heterocycles. The predicted octanol–water partition coefficient (Wildman–Crippen LogP) is 5.70. The summed E-state index contributed by atoms with van der Waals surface area (Å²) in [5, 5.41) is 2.97. The molecule has 2 aromatic rings. The molecule has 0 heterocycles. The minimum Gasteiger partial charge on any atom is -0.493 e. The smallest absolute Gasteiger partial charge is 0.248 e. The molecule has 28 heavy (non-hydrogen) atoms. The first-order valence-electron chi connectivity index (χ1n) is 9.68. The van der Waals surface area contributed by atoms with Gasteiger partial charge in [0.2, 0.25) is 5.91 Å². The summed E-state index contributed by atoms with van der Waals surface area (Å²) in [7, 11) is 1.62. The third-order valence-corrected chi connectivity index (χ3v) is 4.49. The lowest BCUT2D eigenvalue weighted by Crippen LogP contribution is -2.10. The summed E-state index contributed by atoms with van der Waals surface area (Å²) >= 11 is 0. The highest BCUT2D eigenvalue weighted by Crippen LogP contribution is 2.29. The van der Waals surface area contributed by atoms with Crippen molar-refractivity contribution in [3.05, 3.63) is 58.7 Å². The molecule has 150 valence electrons. The summed E-state index contributed by atoms with van der Waals surface area (Å²) in [5.41, 5.74) is 5.05. The fourth-order valence-electron chi connectivity index (χ4n) is 3.03. The van der Waals surface area contributed by atoms with Crippen LogP contribution < -0.4 is 14.8 Å². The molecule has 0 fully saturated rings. The zero-order valence-corrected chi connectivity index (χ0v) is 17.8. The number of rotatable bonds is 8. The van der Waals surface area contributed by atoms with Crippen molar-refractivity contribution in [3.63, 3.8) is 0 Å². The second kappa shape index (κ2) is 9.98. The molecule has 0 aliphatic rings. The summed E-state index contributed by atoms with van der Waals surface area (Å²) < 4.78 is 11.2. The number of hydrogen-bond donors (Lipinski definition) is 1. The van der Waals surface area contributed by atoms with Gasteiger partial charge in [-0.1, -0.05) is 37.6 Å². The zero-order chi connectivity index (χ0) is 20.7. The van der Waals surface area contributed by atoms with Gasteiger partial charge in [0.1, 0.15) is 0 Å². The minimum absolute atomic E-state index is 0.161. The van der Waals surface area contributed by atoms with Crippen LogP contribution in [0, 0.1) is 26.7 Å². The van der Waals surface area contributed by atoms with Crippen LogP contribution in [0.2, 0.25) is 0 Å². The number of anilines is 1. The third-order valence-electron chi connectivity index (χ3n) is 4.49. The number of nitrogens with one attached hydrogen (secondary N) is 1. The Bertz CT molecular complexity index is 830. The first-order valence-corrected chi connectivity index (χ1v) is 9.68. The van der Waals surface area contributed by atoms with Gasteiger partial charge in [-0.2, -0.15) is 0 Å². The largest absolute Gasteiger partial charge is 0.493 e. The van der Waals surface area contributed by atoms with Gasteiger partial charge in [0.15, 0.2) is 11.5 Å². The number of methoxy groups -OCH3 is 1.